The van der Waals surface area contributed by atoms with Gasteiger partial charge in [-0.15, -0.1) is 0 Å². The Bertz CT molecular complexity index is 5850. The topological polar surface area (TPSA) is 0 Å². The number of halogens is 1. The summed E-state index contributed by atoms with van der Waals surface area (Å²) >= 11 is 0. The van der Waals surface area contributed by atoms with Crippen LogP contribution in [0.15, 0.2) is 285 Å². The van der Waals surface area contributed by atoms with Crippen molar-refractivity contribution in [1.82, 2.24) is 0 Å². The van der Waals surface area contributed by atoms with Crippen LogP contribution in [0.1, 0.15) is 74.9 Å². The molecule has 0 atom stereocenters. The van der Waals surface area contributed by atoms with Crippen LogP contribution in [-0.2, 0) is 16.2 Å². The van der Waals surface area contributed by atoms with Gasteiger partial charge in [-0.25, -0.2) is 4.39 Å². The molecule has 19 rings (SSSR count). The van der Waals surface area contributed by atoms with Gasteiger partial charge in [0, 0.05) is 16.2 Å². The molecule has 94 heavy (non-hydrogen) atoms. The summed E-state index contributed by atoms with van der Waals surface area (Å²) in [6.45, 7) is 14.4. The van der Waals surface area contributed by atoms with Crippen molar-refractivity contribution in [2.75, 3.05) is 0 Å². The predicted octanol–water partition coefficient (Wildman–Crippen LogP) is 25.7. The fourth-order valence-corrected chi connectivity index (χ4v) is 17.8. The van der Waals surface area contributed by atoms with Gasteiger partial charge in [-0.2, -0.15) is 0 Å². The van der Waals surface area contributed by atoms with Crippen LogP contribution in [-0.4, -0.2) is 0 Å². The summed E-state index contributed by atoms with van der Waals surface area (Å²) in [5.74, 6) is -0.232. The highest BCUT2D eigenvalue weighted by atomic mass is 19.1. The Hall–Kier alpha value is -11.0. The first-order valence-electron chi connectivity index (χ1n) is 33.2. The second-order valence-electron chi connectivity index (χ2n) is 28.3. The summed E-state index contributed by atoms with van der Waals surface area (Å²) in [5.41, 5.74) is 29.8. The third kappa shape index (κ3) is 7.61. The van der Waals surface area contributed by atoms with Gasteiger partial charge < -0.3 is 0 Å². The lowest BCUT2D eigenvalue weighted by atomic mass is 9.78. The zero-order chi connectivity index (χ0) is 63.1. The summed E-state index contributed by atoms with van der Waals surface area (Å²) < 4.78 is 14.9. The van der Waals surface area contributed by atoms with Crippen molar-refractivity contribution in [1.29, 1.82) is 0 Å². The van der Waals surface area contributed by atoms with Gasteiger partial charge in [-0.05, 0) is 241 Å². The summed E-state index contributed by atoms with van der Waals surface area (Å²) in [5, 5.41) is 14.6. The first-order chi connectivity index (χ1) is 45.8. The number of hydrogen-bond acceptors (Lipinski definition) is 0. The molecule has 3 aliphatic rings. The van der Waals surface area contributed by atoms with Crippen molar-refractivity contribution < 1.29 is 4.39 Å². The van der Waals surface area contributed by atoms with E-state index in [0.717, 1.165) is 32.7 Å². The average Bonchev–Trinajstić information content (AvgIpc) is 1.05. The minimum Gasteiger partial charge on any atom is -0.207 e. The number of rotatable bonds is 6. The molecule has 16 aromatic rings. The van der Waals surface area contributed by atoms with Crippen LogP contribution in [0.2, 0.25) is 0 Å². The largest absolute Gasteiger partial charge is 0.207 e. The number of hydrogen-bond donors (Lipinski definition) is 0. The van der Waals surface area contributed by atoms with Crippen molar-refractivity contribution in [3.05, 3.63) is 324 Å². The third-order valence-corrected chi connectivity index (χ3v) is 22.3. The van der Waals surface area contributed by atoms with E-state index in [0.29, 0.717) is 0 Å². The first kappa shape index (κ1) is 54.7. The van der Waals surface area contributed by atoms with Gasteiger partial charge in [0.1, 0.15) is 5.82 Å². The maximum absolute atomic E-state index is 14.9. The lowest BCUT2D eigenvalue weighted by molar-refractivity contribution is 0.628. The van der Waals surface area contributed by atoms with Gasteiger partial charge in [0.15, 0.2) is 0 Å². The Balaban J connectivity index is 0.695. The summed E-state index contributed by atoms with van der Waals surface area (Å²) in [6, 6.07) is 106. The molecule has 444 valence electrons. The second-order valence-corrected chi connectivity index (χ2v) is 28.3. The van der Waals surface area contributed by atoms with Gasteiger partial charge in [0.05, 0.1) is 0 Å². The highest BCUT2D eigenvalue weighted by Crippen LogP contribution is 2.57. The molecule has 1 heteroatoms. The van der Waals surface area contributed by atoms with E-state index in [1.807, 2.05) is 12.1 Å². The Labute approximate surface area is 547 Å². The molecule has 3 aliphatic carbocycles. The van der Waals surface area contributed by atoms with E-state index < -0.39 is 0 Å². The molecule has 0 aromatic heterocycles. The molecule has 0 amide bonds. The molecule has 0 unspecified atom stereocenters. The highest BCUT2D eigenvalue weighted by molar-refractivity contribution is 6.30. The van der Waals surface area contributed by atoms with Crippen molar-refractivity contribution in [3.63, 3.8) is 0 Å². The van der Waals surface area contributed by atoms with Crippen LogP contribution in [0.4, 0.5) is 4.39 Å². The summed E-state index contributed by atoms with van der Waals surface area (Å²) in [7, 11) is 0. The van der Waals surface area contributed by atoms with E-state index in [2.05, 4.69) is 302 Å². The molecule has 0 spiro atoms. The smallest absolute Gasteiger partial charge is 0.123 e. The van der Waals surface area contributed by atoms with Gasteiger partial charge >= 0.3 is 0 Å². The number of fused-ring (bicyclic) bond motifs is 15. The molecule has 0 fully saturated rings. The SMILES string of the molecule is CC1(C)c2cc(-c3ccc4c(c3)C(C)(C)c3cc(-c5c6ccccc6c(-c6c7ccccc7c(-c7ccc8c(c7)C(C)(C)c7ccccc7-8)c7ccccc67)c6ccccc56)ccc3-4)ccc2-c2ccc(-c3c4ccccc4c(-c4cccc(F)c4)c4ccccc34)cc21. The van der Waals surface area contributed by atoms with Crippen LogP contribution < -0.4 is 0 Å². The summed E-state index contributed by atoms with van der Waals surface area (Å²) in [6.07, 6.45) is 0. The monoisotopic (exact) mass is 1200 g/mol. The highest BCUT2D eigenvalue weighted by Gasteiger charge is 2.40. The fraction of sp³-hybridized carbons (Fsp3) is 0.0968. The Morgan fingerprint density at radius 1 is 0.181 bits per heavy atom. The quantitative estimate of drug-likeness (QED) is 0.146. The van der Waals surface area contributed by atoms with Crippen LogP contribution in [0.3, 0.4) is 0 Å². The minimum atomic E-state index is -0.271. The van der Waals surface area contributed by atoms with Gasteiger partial charge in [0.2, 0.25) is 0 Å². The van der Waals surface area contributed by atoms with Crippen molar-refractivity contribution in [2.24, 2.45) is 0 Å². The van der Waals surface area contributed by atoms with Crippen molar-refractivity contribution >= 4 is 64.6 Å². The zero-order valence-electron chi connectivity index (χ0n) is 53.5. The van der Waals surface area contributed by atoms with Crippen molar-refractivity contribution in [3.8, 4) is 100 Å². The maximum atomic E-state index is 14.9. The molecule has 0 aliphatic heterocycles. The van der Waals surface area contributed by atoms with Crippen molar-refractivity contribution in [2.45, 2.75) is 57.8 Å². The molecule has 0 saturated carbocycles. The first-order valence-corrected chi connectivity index (χ1v) is 33.2. The molecule has 0 heterocycles. The standard InChI is InChI=1S/C93H65F/c1-91(2)79-37-20-19-24-61(79)62-45-40-57(51-82(62)91)87-71-29-11-15-33-75(71)89(76-34-16-12-30-72(76)87)90-77-35-17-13-31-73(77)88(74-32-14-18-36-78(74)90)59-42-47-66-64-44-39-55(50-81(64)93(5,6)84(66)53-59)54-38-43-63-65-46-41-58(52-83(65)92(3,4)80(63)49-54)86-69-27-9-7-25-67(69)85(56-22-21-23-60(94)48-56)68-26-8-10-28-70(68)86/h7-53H,1-6H3. The minimum absolute atomic E-state index is 0.112. The maximum Gasteiger partial charge on any atom is 0.123 e. The van der Waals surface area contributed by atoms with Crippen LogP contribution in [0, 0.1) is 5.82 Å². The lowest BCUT2D eigenvalue weighted by Crippen LogP contribution is -2.15. The average molecular weight is 1200 g/mol. The van der Waals surface area contributed by atoms with Gasteiger partial charge in [-0.1, -0.05) is 284 Å². The lowest BCUT2D eigenvalue weighted by Gasteiger charge is -2.25. The molecule has 16 aromatic carbocycles. The Morgan fingerprint density at radius 3 is 0.702 bits per heavy atom. The van der Waals surface area contributed by atoms with Crippen LogP contribution in [0.25, 0.3) is 165 Å². The van der Waals surface area contributed by atoms with E-state index in [1.54, 1.807) is 6.07 Å². The molecule has 0 saturated heterocycles. The zero-order valence-corrected chi connectivity index (χ0v) is 53.5. The van der Waals surface area contributed by atoms with E-state index >= 15 is 0 Å². The van der Waals surface area contributed by atoms with E-state index in [9.17, 15) is 4.39 Å². The Morgan fingerprint density at radius 2 is 0.404 bits per heavy atom. The third-order valence-electron chi connectivity index (χ3n) is 22.3. The normalized spacial score (nSPS) is 14.4. The van der Waals surface area contributed by atoms with E-state index in [4.69, 9.17) is 0 Å². The number of benzene rings is 16. The Kier molecular flexibility index (Phi) is 11.5. The molecular formula is C93H65F. The molecule has 0 bridgehead atoms. The van der Waals surface area contributed by atoms with Crippen LogP contribution in [0.5, 0.6) is 0 Å². The summed E-state index contributed by atoms with van der Waals surface area (Å²) in [4.78, 5) is 0. The van der Waals surface area contributed by atoms with Crippen LogP contribution >= 0.6 is 0 Å². The molecule has 0 nitrogen and oxygen atoms in total. The van der Waals surface area contributed by atoms with Gasteiger partial charge in [0.25, 0.3) is 0 Å². The fourth-order valence-electron chi connectivity index (χ4n) is 17.8. The molecule has 0 N–H and O–H groups in total. The predicted molar refractivity (Wildman–Crippen MR) is 397 cm³/mol. The van der Waals surface area contributed by atoms with E-state index in [1.165, 1.54) is 172 Å². The second kappa shape index (κ2) is 19.8. The molecule has 0 radical (unpaired) electrons. The molecular weight excluding hydrogens is 1140 g/mol. The van der Waals surface area contributed by atoms with Gasteiger partial charge in [-0.3, -0.25) is 0 Å². The van der Waals surface area contributed by atoms with E-state index in [-0.39, 0.29) is 22.1 Å².